The van der Waals surface area contributed by atoms with Crippen molar-refractivity contribution in [3.05, 3.63) is 58.5 Å². The van der Waals surface area contributed by atoms with E-state index >= 15 is 0 Å². The summed E-state index contributed by atoms with van der Waals surface area (Å²) in [5, 5.41) is 0. The molecule has 0 aliphatic carbocycles. The number of allylic oxidation sites excluding steroid dienone is 1. The Morgan fingerprint density at radius 1 is 1.15 bits per heavy atom. The van der Waals surface area contributed by atoms with Crippen LogP contribution in [0.5, 0.6) is 0 Å². The zero-order valence-corrected chi connectivity index (χ0v) is 12.2. The summed E-state index contributed by atoms with van der Waals surface area (Å²) < 4.78 is 30.6. The monoisotopic (exact) mass is 308 g/mol. The molecule has 0 bridgehead atoms. The highest BCUT2D eigenvalue weighted by molar-refractivity contribution is 7.88. The highest BCUT2D eigenvalue weighted by Gasteiger charge is 2.11. The lowest BCUT2D eigenvalue weighted by Gasteiger charge is -1.96. The van der Waals surface area contributed by atoms with Crippen LogP contribution in [0.15, 0.2) is 46.7 Å². The fourth-order valence-electron chi connectivity index (χ4n) is 1.53. The van der Waals surface area contributed by atoms with E-state index in [0.717, 1.165) is 16.9 Å². The molecule has 0 atom stereocenters. The summed E-state index contributed by atoms with van der Waals surface area (Å²) in [6, 6.07) is 10.0. The molecule has 0 aliphatic heterocycles. The SMILES string of the molecule is Cc1ccc(C(=O)/C=C/c2ccc(S(=O)(=O)O)s2)cc1. The van der Waals surface area contributed by atoms with Crippen LogP contribution in [-0.2, 0) is 10.1 Å². The number of thiophene rings is 1. The average molecular weight is 308 g/mol. The van der Waals surface area contributed by atoms with Crippen molar-refractivity contribution >= 4 is 33.3 Å². The average Bonchev–Trinajstić information content (AvgIpc) is 2.85. The third kappa shape index (κ3) is 3.63. The van der Waals surface area contributed by atoms with Gasteiger partial charge in [0, 0.05) is 10.4 Å². The molecular formula is C14H12O4S2. The van der Waals surface area contributed by atoms with E-state index in [9.17, 15) is 13.2 Å². The van der Waals surface area contributed by atoms with Crippen molar-refractivity contribution in [2.45, 2.75) is 11.1 Å². The van der Waals surface area contributed by atoms with Crippen molar-refractivity contribution in [2.24, 2.45) is 0 Å². The number of hydrogen-bond acceptors (Lipinski definition) is 4. The van der Waals surface area contributed by atoms with Crippen LogP contribution in [0.3, 0.4) is 0 Å². The molecule has 0 spiro atoms. The molecule has 1 heterocycles. The highest BCUT2D eigenvalue weighted by Crippen LogP contribution is 2.22. The Labute approximate surface area is 121 Å². The third-order valence-corrected chi connectivity index (χ3v) is 4.96. The Morgan fingerprint density at radius 2 is 1.80 bits per heavy atom. The van der Waals surface area contributed by atoms with Gasteiger partial charge in [0.15, 0.2) is 5.78 Å². The van der Waals surface area contributed by atoms with Crippen molar-refractivity contribution in [1.82, 2.24) is 0 Å². The molecule has 20 heavy (non-hydrogen) atoms. The first-order valence-corrected chi connectivity index (χ1v) is 7.98. The van der Waals surface area contributed by atoms with Crippen LogP contribution in [0, 0.1) is 6.92 Å². The van der Waals surface area contributed by atoms with E-state index < -0.39 is 10.1 Å². The lowest BCUT2D eigenvalue weighted by Crippen LogP contribution is -1.93. The molecule has 0 aliphatic rings. The third-order valence-electron chi connectivity index (χ3n) is 2.59. The second kappa shape index (κ2) is 5.70. The van der Waals surface area contributed by atoms with Gasteiger partial charge in [0.2, 0.25) is 0 Å². The summed E-state index contributed by atoms with van der Waals surface area (Å²) in [5.41, 5.74) is 1.64. The fraction of sp³-hybridized carbons (Fsp3) is 0.0714. The van der Waals surface area contributed by atoms with Gasteiger partial charge >= 0.3 is 10.1 Å². The number of hydrogen-bond donors (Lipinski definition) is 1. The summed E-state index contributed by atoms with van der Waals surface area (Å²) in [7, 11) is -4.18. The molecule has 1 aromatic carbocycles. The summed E-state index contributed by atoms with van der Waals surface area (Å²) in [6.07, 6.45) is 2.91. The van der Waals surface area contributed by atoms with E-state index in [0.29, 0.717) is 10.4 Å². The first kappa shape index (κ1) is 14.6. The lowest BCUT2D eigenvalue weighted by atomic mass is 10.1. The van der Waals surface area contributed by atoms with Gasteiger partial charge < -0.3 is 0 Å². The van der Waals surface area contributed by atoms with Gasteiger partial charge in [0.1, 0.15) is 4.21 Å². The van der Waals surface area contributed by atoms with Crippen molar-refractivity contribution in [1.29, 1.82) is 0 Å². The van der Waals surface area contributed by atoms with E-state index in [4.69, 9.17) is 4.55 Å². The van der Waals surface area contributed by atoms with Crippen molar-refractivity contribution in [3.63, 3.8) is 0 Å². The van der Waals surface area contributed by atoms with Crippen LogP contribution in [0.1, 0.15) is 20.8 Å². The molecule has 0 saturated heterocycles. The van der Waals surface area contributed by atoms with E-state index in [1.165, 1.54) is 24.3 Å². The van der Waals surface area contributed by atoms with Crippen LogP contribution in [0.25, 0.3) is 6.08 Å². The smallest absolute Gasteiger partial charge is 0.289 e. The molecule has 1 N–H and O–H groups in total. The molecule has 0 saturated carbocycles. The Hall–Kier alpha value is -1.76. The molecule has 4 nitrogen and oxygen atoms in total. The van der Waals surface area contributed by atoms with Crippen LogP contribution < -0.4 is 0 Å². The van der Waals surface area contributed by atoms with Gasteiger partial charge in [-0.05, 0) is 31.2 Å². The van der Waals surface area contributed by atoms with Crippen LogP contribution in [-0.4, -0.2) is 18.8 Å². The standard InChI is InChI=1S/C14H12O4S2/c1-10-2-4-11(5-3-10)13(15)8-6-12-7-9-14(19-12)20(16,17)18/h2-9H,1H3,(H,16,17,18)/b8-6+. The Bertz CT molecular complexity index is 753. The summed E-state index contributed by atoms with van der Waals surface area (Å²) in [5.74, 6) is -0.160. The topological polar surface area (TPSA) is 71.4 Å². The second-order valence-corrected chi connectivity index (χ2v) is 6.96. The maximum absolute atomic E-state index is 11.9. The van der Waals surface area contributed by atoms with Crippen molar-refractivity contribution < 1.29 is 17.8 Å². The molecule has 0 amide bonds. The van der Waals surface area contributed by atoms with E-state index in [-0.39, 0.29) is 9.99 Å². The van der Waals surface area contributed by atoms with E-state index in [1.807, 2.05) is 19.1 Å². The molecular weight excluding hydrogens is 296 g/mol. The number of carbonyl (C=O) groups is 1. The number of benzene rings is 1. The first-order chi connectivity index (χ1) is 9.36. The first-order valence-electron chi connectivity index (χ1n) is 5.73. The Kier molecular flexibility index (Phi) is 4.17. The zero-order chi connectivity index (χ0) is 14.8. The van der Waals surface area contributed by atoms with E-state index in [1.54, 1.807) is 12.1 Å². The predicted molar refractivity (Wildman–Crippen MR) is 78.7 cm³/mol. The van der Waals surface area contributed by atoms with Gasteiger partial charge in [-0.25, -0.2) is 0 Å². The van der Waals surface area contributed by atoms with Gasteiger partial charge in [-0.15, -0.1) is 11.3 Å². The number of carbonyl (C=O) groups excluding carboxylic acids is 1. The maximum atomic E-state index is 11.9. The normalized spacial score (nSPS) is 11.9. The van der Waals surface area contributed by atoms with Gasteiger partial charge in [0.05, 0.1) is 0 Å². The van der Waals surface area contributed by atoms with Gasteiger partial charge in [0.25, 0.3) is 0 Å². The minimum Gasteiger partial charge on any atom is -0.289 e. The number of aryl methyl sites for hydroxylation is 1. The summed E-state index contributed by atoms with van der Waals surface area (Å²) in [6.45, 7) is 1.94. The number of rotatable bonds is 4. The lowest BCUT2D eigenvalue weighted by molar-refractivity contribution is 0.104. The molecule has 6 heteroatoms. The molecule has 2 rings (SSSR count). The van der Waals surface area contributed by atoms with Crippen LogP contribution in [0.2, 0.25) is 0 Å². The Balaban J connectivity index is 2.15. The summed E-state index contributed by atoms with van der Waals surface area (Å²) >= 11 is 0.902. The molecule has 2 aromatic rings. The second-order valence-electron chi connectivity index (χ2n) is 4.20. The van der Waals surface area contributed by atoms with E-state index in [2.05, 4.69) is 0 Å². The maximum Gasteiger partial charge on any atom is 0.304 e. The molecule has 0 fully saturated rings. The molecule has 104 valence electrons. The van der Waals surface area contributed by atoms with Crippen LogP contribution in [0.4, 0.5) is 0 Å². The van der Waals surface area contributed by atoms with Crippen molar-refractivity contribution in [3.8, 4) is 0 Å². The Morgan fingerprint density at radius 3 is 2.35 bits per heavy atom. The predicted octanol–water partition coefficient (Wildman–Crippen LogP) is 3.20. The molecule has 0 unspecified atom stereocenters. The van der Waals surface area contributed by atoms with Gasteiger partial charge in [-0.1, -0.05) is 29.8 Å². The van der Waals surface area contributed by atoms with Crippen LogP contribution >= 0.6 is 11.3 Å². The molecule has 1 aromatic heterocycles. The zero-order valence-electron chi connectivity index (χ0n) is 10.6. The van der Waals surface area contributed by atoms with Crippen molar-refractivity contribution in [2.75, 3.05) is 0 Å². The quantitative estimate of drug-likeness (QED) is 0.535. The largest absolute Gasteiger partial charge is 0.304 e. The highest BCUT2D eigenvalue weighted by atomic mass is 32.3. The molecule has 0 radical (unpaired) electrons. The minimum absolute atomic E-state index is 0.139. The van der Waals surface area contributed by atoms with Gasteiger partial charge in [-0.3, -0.25) is 9.35 Å². The van der Waals surface area contributed by atoms with Gasteiger partial charge in [-0.2, -0.15) is 8.42 Å². The fourth-order valence-corrected chi connectivity index (χ4v) is 3.12. The number of ketones is 1. The minimum atomic E-state index is -4.18. The summed E-state index contributed by atoms with van der Waals surface area (Å²) in [4.78, 5) is 12.5.